The molecule has 0 fully saturated rings. The summed E-state index contributed by atoms with van der Waals surface area (Å²) < 4.78 is 11.2. The molecule has 1 aromatic carbocycles. The van der Waals surface area contributed by atoms with E-state index in [1.54, 1.807) is 0 Å². The van der Waals surface area contributed by atoms with Crippen molar-refractivity contribution in [2.75, 3.05) is 13.7 Å². The quantitative estimate of drug-likeness (QED) is 0.0536. The Morgan fingerprint density at radius 3 is 2.12 bits per heavy atom. The molecule has 5 heterocycles. The predicted octanol–water partition coefficient (Wildman–Crippen LogP) is 12.3. The zero-order chi connectivity index (χ0) is 52.1. The smallest absolute Gasteiger partial charge is 0.664 e. The van der Waals surface area contributed by atoms with Crippen molar-refractivity contribution in [1.29, 1.82) is 0 Å². The third-order valence-electron chi connectivity index (χ3n) is 15.3. The largest absolute Gasteiger partial charge is 2.00 e. The van der Waals surface area contributed by atoms with Gasteiger partial charge in [0.1, 0.15) is 12.2 Å². The van der Waals surface area contributed by atoms with Gasteiger partial charge in [-0.05, 0) is 113 Å². The third kappa shape index (κ3) is 15.4. The van der Waals surface area contributed by atoms with Crippen LogP contribution in [0.2, 0.25) is 0 Å². The summed E-state index contributed by atoms with van der Waals surface area (Å²) in [5.74, 6) is 0.762. The maximum atomic E-state index is 14.6. The van der Waals surface area contributed by atoms with E-state index in [0.29, 0.717) is 52.7 Å². The number of methoxy groups -OCH3 is 1. The average molecular weight is 1000 g/mol. The fraction of sp³-hybridized carbons (Fsp3) is 0.500. The predicted molar refractivity (Wildman–Crippen MR) is 297 cm³/mol. The van der Waals surface area contributed by atoms with Crippen LogP contribution in [-0.2, 0) is 43.2 Å². The molecule has 10 nitrogen and oxygen atoms in total. The van der Waals surface area contributed by atoms with E-state index in [-0.39, 0.29) is 66.2 Å². The van der Waals surface area contributed by atoms with E-state index < -0.39 is 5.97 Å². The molecule has 6 rings (SSSR count). The van der Waals surface area contributed by atoms with E-state index in [1.165, 1.54) is 57.6 Å². The monoisotopic (exact) mass is 1000 g/mol. The molecule has 0 aliphatic carbocycles. The molecule has 4 unspecified atom stereocenters. The summed E-state index contributed by atoms with van der Waals surface area (Å²) in [4.78, 5) is 59.7. The number of nitrogens with one attached hydrogen (secondary N) is 3. The van der Waals surface area contributed by atoms with Gasteiger partial charge >= 0.3 is 35.0 Å². The number of carbonyl (C=O) groups is 3. The maximum Gasteiger partial charge on any atom is 2.00 e. The first-order valence-corrected chi connectivity index (χ1v) is 26.8. The number of H-pyrrole nitrogens is 2. The second-order valence-electron chi connectivity index (χ2n) is 21.2. The molecule has 0 radical (unpaired) electrons. The Bertz CT molecular complexity index is 2740. The molecule has 386 valence electrons. The van der Waals surface area contributed by atoms with Crippen molar-refractivity contribution < 1.29 is 33.8 Å². The number of benzene rings is 1. The van der Waals surface area contributed by atoms with E-state index in [4.69, 9.17) is 19.4 Å². The van der Waals surface area contributed by atoms with Gasteiger partial charge in [0.25, 0.3) is 5.91 Å². The van der Waals surface area contributed by atoms with Crippen molar-refractivity contribution >= 4 is 74.2 Å². The van der Waals surface area contributed by atoms with E-state index in [1.807, 2.05) is 55.5 Å². The first kappa shape index (κ1) is 58.6. The SMILES string of the molecule is C=CC1=C(C)c2cc3[n-]c(c(CC(=O)OC)c4[nH+]c(cc5[n-]c(cc1[nH+]2)c(C)c5CC)C(C)=C4C(=O)NCc1ccccc1)C(CCC(=O)OCC=C(C)CCCC(C)CCCC(C)CCCC(C)C)C3C.[Mg+2]. The molecule has 0 saturated carbocycles. The van der Waals surface area contributed by atoms with Crippen molar-refractivity contribution in [2.24, 2.45) is 17.8 Å². The average Bonchev–Trinajstić information content (AvgIpc) is 4.04. The molecule has 1 amide bonds. The van der Waals surface area contributed by atoms with Crippen LogP contribution in [-0.4, -0.2) is 54.6 Å². The topological polar surface area (TPSA) is 138 Å². The summed E-state index contributed by atoms with van der Waals surface area (Å²) in [5.41, 5.74) is 14.0. The van der Waals surface area contributed by atoms with Crippen molar-refractivity contribution in [2.45, 2.75) is 171 Å². The fourth-order valence-electron chi connectivity index (χ4n) is 10.6. The minimum absolute atomic E-state index is 0. The van der Waals surface area contributed by atoms with Crippen LogP contribution in [0.25, 0.3) is 33.3 Å². The molecule has 0 spiro atoms. The summed E-state index contributed by atoms with van der Waals surface area (Å²) in [7, 11) is 1.37. The Morgan fingerprint density at radius 1 is 0.808 bits per heavy atom. The van der Waals surface area contributed by atoms with Gasteiger partial charge in [-0.25, -0.2) is 9.97 Å². The summed E-state index contributed by atoms with van der Waals surface area (Å²) in [6.07, 6.45) is 16.3. The maximum absolute atomic E-state index is 14.6. The van der Waals surface area contributed by atoms with Crippen molar-refractivity contribution in [3.05, 3.63) is 129 Å². The summed E-state index contributed by atoms with van der Waals surface area (Å²) in [6.45, 7) is 26.6. The number of aromatic amines is 2. The molecule has 3 N–H and O–H groups in total. The van der Waals surface area contributed by atoms with Crippen LogP contribution < -0.4 is 25.3 Å². The first-order chi connectivity index (χ1) is 34.5. The number of aromatic nitrogens is 4. The van der Waals surface area contributed by atoms with Crippen LogP contribution in [0.5, 0.6) is 0 Å². The Morgan fingerprint density at radius 2 is 1.47 bits per heavy atom. The number of fused-ring (bicyclic) bond motifs is 8. The molecule has 0 saturated heterocycles. The normalized spacial score (nSPS) is 16.0. The minimum Gasteiger partial charge on any atom is -0.664 e. The Labute approximate surface area is 452 Å². The Kier molecular flexibility index (Phi) is 22.4. The van der Waals surface area contributed by atoms with Gasteiger partial charge in [-0.1, -0.05) is 146 Å². The number of allylic oxidation sites excluding steroid dienone is 5. The molecular formula is C62H83MgN5O5+2. The zero-order valence-corrected chi connectivity index (χ0v) is 47.5. The van der Waals surface area contributed by atoms with Crippen LogP contribution in [0, 0.1) is 24.7 Å². The molecule has 3 aromatic rings. The van der Waals surface area contributed by atoms with Gasteiger partial charge in [0.05, 0.1) is 19.1 Å². The van der Waals surface area contributed by atoms with E-state index in [2.05, 4.69) is 96.3 Å². The minimum atomic E-state index is -0.477. The van der Waals surface area contributed by atoms with Gasteiger partial charge in [-0.2, -0.15) is 0 Å². The Hall–Kier alpha value is -5.26. The molecular weight excluding hydrogens is 919 g/mol. The van der Waals surface area contributed by atoms with Crippen LogP contribution in [0.15, 0.2) is 72.8 Å². The molecule has 3 aliphatic rings. The van der Waals surface area contributed by atoms with Gasteiger partial charge in [-0.3, -0.25) is 14.4 Å². The number of aryl methyl sites for hydroxylation is 2. The van der Waals surface area contributed by atoms with Crippen LogP contribution >= 0.6 is 0 Å². The number of ether oxygens (including phenoxy) is 2. The molecule has 3 aliphatic heterocycles. The van der Waals surface area contributed by atoms with E-state index in [9.17, 15) is 14.4 Å². The number of amides is 1. The molecule has 73 heavy (non-hydrogen) atoms. The standard InChI is InChI=1S/C62H82N5O5.Mg/c1-13-47-42(8)51-34-53-44(10)49(29-30-57(68)72-32-31-41(7)26-20-25-40(6)24-19-23-39(5)22-18-21-38(3)4)60(66-53)50(33-58(69)71-12)61-59(62(70)63-37-46-27-16-15-17-28-46)45(11)54(67-61)36-56-48(14-2)43(9)52(65-56)35-55(47)64-51;/h13,15-17,27-28,31,34-36,38-40,44,49H,1,14,18-26,29-30,32-33,37H2,2-12H3,(H2-,63,64,65,66,67,70);/q-1;+2/p+1. The number of esters is 2. The van der Waals surface area contributed by atoms with Crippen LogP contribution in [0.3, 0.4) is 0 Å². The van der Waals surface area contributed by atoms with Gasteiger partial charge < -0.3 is 24.8 Å². The fourth-order valence-corrected chi connectivity index (χ4v) is 10.6. The van der Waals surface area contributed by atoms with Gasteiger partial charge in [-0.15, -0.1) is 22.4 Å². The molecule has 2 aromatic heterocycles. The Balaban J connectivity index is 0.00000988. The molecule has 8 bridgehead atoms. The molecule has 4 atom stereocenters. The number of hydrogen-bond acceptors (Lipinski definition) is 5. The van der Waals surface area contributed by atoms with Gasteiger partial charge in [0.2, 0.25) is 22.8 Å². The second-order valence-corrected chi connectivity index (χ2v) is 21.2. The number of carbonyl (C=O) groups excluding carboxylic acids is 3. The van der Waals surface area contributed by atoms with Gasteiger partial charge in [0, 0.05) is 29.7 Å². The number of nitrogens with zero attached hydrogens (tertiary/aromatic N) is 2. The van der Waals surface area contributed by atoms with Gasteiger partial charge in [0.15, 0.2) is 0 Å². The zero-order valence-electron chi connectivity index (χ0n) is 46.1. The van der Waals surface area contributed by atoms with Crippen LogP contribution in [0.4, 0.5) is 0 Å². The van der Waals surface area contributed by atoms with Crippen LogP contribution in [0.1, 0.15) is 201 Å². The molecule has 11 heteroatoms. The summed E-state index contributed by atoms with van der Waals surface area (Å²) >= 11 is 0. The summed E-state index contributed by atoms with van der Waals surface area (Å²) in [6, 6.07) is 15.9. The number of rotatable bonds is 24. The third-order valence-corrected chi connectivity index (χ3v) is 15.3. The van der Waals surface area contributed by atoms with Crippen molar-refractivity contribution in [1.82, 2.24) is 15.3 Å². The number of hydrogen-bond donors (Lipinski definition) is 1. The second kappa shape index (κ2) is 27.9. The van der Waals surface area contributed by atoms with Crippen molar-refractivity contribution in [3.63, 3.8) is 0 Å². The van der Waals surface area contributed by atoms with E-state index in [0.717, 1.165) is 87.1 Å². The van der Waals surface area contributed by atoms with Crippen molar-refractivity contribution in [3.8, 4) is 0 Å². The van der Waals surface area contributed by atoms with E-state index >= 15 is 0 Å². The summed E-state index contributed by atoms with van der Waals surface area (Å²) in [5, 5.41) is 3.16. The first-order valence-electron chi connectivity index (χ1n) is 26.8.